The number of nitrogens with two attached hydrogens (primary N) is 2. The van der Waals surface area contributed by atoms with Gasteiger partial charge in [-0.05, 0) is 13.8 Å². The van der Waals surface area contributed by atoms with Gasteiger partial charge in [0.15, 0.2) is 0 Å². The Morgan fingerprint density at radius 2 is 1.92 bits per heavy atom. The first-order chi connectivity index (χ1) is 5.40. The summed E-state index contributed by atoms with van der Waals surface area (Å²) >= 11 is 0. The van der Waals surface area contributed by atoms with Gasteiger partial charge in [0.2, 0.25) is 11.8 Å². The van der Waals surface area contributed by atoms with Gasteiger partial charge in [-0.1, -0.05) is 0 Å². The summed E-state index contributed by atoms with van der Waals surface area (Å²) < 4.78 is 0. The van der Waals surface area contributed by atoms with Gasteiger partial charge in [-0.25, -0.2) is 0 Å². The zero-order valence-corrected chi connectivity index (χ0v) is 7.39. The Labute approximate surface area is 71.5 Å². The Morgan fingerprint density at radius 3 is 2.25 bits per heavy atom. The Bertz CT molecular complexity index is 189. The molecule has 0 unspecified atom stereocenters. The van der Waals surface area contributed by atoms with Gasteiger partial charge in [0.05, 0.1) is 12.0 Å². The molecule has 0 aliphatic heterocycles. The monoisotopic (exact) mass is 173 g/mol. The molecular formula is C7H15N3O2. The molecule has 0 saturated heterocycles. The van der Waals surface area contributed by atoms with E-state index in [4.69, 9.17) is 11.5 Å². The molecule has 0 atom stereocenters. The summed E-state index contributed by atoms with van der Waals surface area (Å²) in [5.74, 6) is -0.819. The minimum atomic E-state index is -0.643. The largest absolute Gasteiger partial charge is 0.368 e. The summed E-state index contributed by atoms with van der Waals surface area (Å²) in [7, 11) is 0. The van der Waals surface area contributed by atoms with E-state index in [9.17, 15) is 9.59 Å². The van der Waals surface area contributed by atoms with Crippen molar-refractivity contribution in [2.45, 2.75) is 13.8 Å². The molecule has 5 heteroatoms. The van der Waals surface area contributed by atoms with E-state index in [1.54, 1.807) is 13.8 Å². The lowest BCUT2D eigenvalue weighted by molar-refractivity contribution is -0.130. The van der Waals surface area contributed by atoms with Crippen LogP contribution in [0.2, 0.25) is 0 Å². The van der Waals surface area contributed by atoms with Crippen molar-refractivity contribution in [3.05, 3.63) is 0 Å². The Morgan fingerprint density at radius 1 is 1.42 bits per heavy atom. The van der Waals surface area contributed by atoms with Gasteiger partial charge in [-0.3, -0.25) is 9.59 Å². The summed E-state index contributed by atoms with van der Waals surface area (Å²) in [5.41, 5.74) is 9.53. The average molecular weight is 173 g/mol. The van der Waals surface area contributed by atoms with Crippen LogP contribution in [-0.2, 0) is 9.59 Å². The van der Waals surface area contributed by atoms with Crippen LogP contribution in [0.5, 0.6) is 0 Å². The molecule has 0 aliphatic rings. The van der Waals surface area contributed by atoms with Crippen molar-refractivity contribution in [3.8, 4) is 0 Å². The maximum atomic E-state index is 11.2. The summed E-state index contributed by atoms with van der Waals surface area (Å²) in [6.45, 7) is 3.49. The van der Waals surface area contributed by atoms with Gasteiger partial charge in [0, 0.05) is 6.54 Å². The minimum Gasteiger partial charge on any atom is -0.368 e. The van der Waals surface area contributed by atoms with Crippen LogP contribution in [0.15, 0.2) is 0 Å². The highest BCUT2D eigenvalue weighted by molar-refractivity contribution is 5.86. The van der Waals surface area contributed by atoms with Crippen molar-refractivity contribution in [1.82, 2.24) is 5.32 Å². The number of hydrogen-bond donors (Lipinski definition) is 3. The van der Waals surface area contributed by atoms with Gasteiger partial charge in [-0.15, -0.1) is 0 Å². The van der Waals surface area contributed by atoms with Crippen LogP contribution in [0.4, 0.5) is 0 Å². The molecule has 0 bridgehead atoms. The van der Waals surface area contributed by atoms with Crippen LogP contribution in [0.1, 0.15) is 13.8 Å². The molecule has 12 heavy (non-hydrogen) atoms. The number of nitrogens with one attached hydrogen (secondary N) is 1. The van der Waals surface area contributed by atoms with Crippen LogP contribution in [0.25, 0.3) is 0 Å². The molecule has 0 aliphatic carbocycles. The molecule has 0 aromatic heterocycles. The maximum absolute atomic E-state index is 11.2. The lowest BCUT2D eigenvalue weighted by Crippen LogP contribution is -2.44. The van der Waals surface area contributed by atoms with E-state index in [0.29, 0.717) is 0 Å². The van der Waals surface area contributed by atoms with E-state index < -0.39 is 11.3 Å². The predicted molar refractivity (Wildman–Crippen MR) is 45.0 cm³/mol. The van der Waals surface area contributed by atoms with Crippen LogP contribution in [0, 0.1) is 5.41 Å². The minimum absolute atomic E-state index is 0.137. The standard InChI is InChI=1S/C7H15N3O2/c1-7(2,4-8)6(12)10-3-5(9)11/h3-4,8H2,1-2H3,(H2,9,11)(H,10,12). The molecule has 0 fully saturated rings. The number of hydrogen-bond acceptors (Lipinski definition) is 3. The Hall–Kier alpha value is -1.10. The van der Waals surface area contributed by atoms with Crippen LogP contribution >= 0.6 is 0 Å². The van der Waals surface area contributed by atoms with Crippen LogP contribution in [-0.4, -0.2) is 24.9 Å². The second-order valence-electron chi connectivity index (χ2n) is 3.24. The number of carbonyl (C=O) groups is 2. The quantitative estimate of drug-likeness (QED) is 0.486. The molecule has 0 radical (unpaired) electrons. The van der Waals surface area contributed by atoms with E-state index in [1.165, 1.54) is 0 Å². The highest BCUT2D eigenvalue weighted by atomic mass is 16.2. The fourth-order valence-electron chi connectivity index (χ4n) is 0.499. The van der Waals surface area contributed by atoms with E-state index in [-0.39, 0.29) is 19.0 Å². The molecule has 2 amide bonds. The van der Waals surface area contributed by atoms with Crippen molar-refractivity contribution in [2.24, 2.45) is 16.9 Å². The maximum Gasteiger partial charge on any atom is 0.236 e. The summed E-state index contributed by atoms with van der Waals surface area (Å²) in [6, 6.07) is 0. The smallest absolute Gasteiger partial charge is 0.236 e. The van der Waals surface area contributed by atoms with Crippen molar-refractivity contribution in [3.63, 3.8) is 0 Å². The normalized spacial score (nSPS) is 10.9. The molecule has 0 aromatic rings. The van der Waals surface area contributed by atoms with Gasteiger partial charge in [0.25, 0.3) is 0 Å². The molecule has 0 saturated carbocycles. The zero-order chi connectivity index (χ0) is 9.78. The number of rotatable bonds is 4. The van der Waals surface area contributed by atoms with E-state index in [2.05, 4.69) is 5.32 Å². The van der Waals surface area contributed by atoms with E-state index in [0.717, 1.165) is 0 Å². The molecule has 0 aromatic carbocycles. The summed E-state index contributed by atoms with van der Waals surface area (Å²) in [6.07, 6.45) is 0. The lowest BCUT2D eigenvalue weighted by Gasteiger charge is -2.20. The third-order valence-electron chi connectivity index (χ3n) is 1.55. The number of carbonyl (C=O) groups excluding carboxylic acids is 2. The summed E-state index contributed by atoms with van der Waals surface area (Å²) in [5, 5.41) is 2.38. The molecule has 0 rings (SSSR count). The van der Waals surface area contributed by atoms with Crippen LogP contribution in [0.3, 0.4) is 0 Å². The number of amides is 2. The molecule has 5 N–H and O–H groups in total. The first-order valence-corrected chi connectivity index (χ1v) is 3.67. The topological polar surface area (TPSA) is 98.2 Å². The highest BCUT2D eigenvalue weighted by Gasteiger charge is 2.25. The SMILES string of the molecule is CC(C)(CN)C(=O)NCC(N)=O. The fourth-order valence-corrected chi connectivity index (χ4v) is 0.499. The molecule has 5 nitrogen and oxygen atoms in total. The van der Waals surface area contributed by atoms with Crippen molar-refractivity contribution in [2.75, 3.05) is 13.1 Å². The first-order valence-electron chi connectivity index (χ1n) is 3.67. The predicted octanol–water partition coefficient (Wildman–Crippen LogP) is -1.43. The first kappa shape index (κ1) is 10.9. The van der Waals surface area contributed by atoms with Crippen molar-refractivity contribution >= 4 is 11.8 Å². The fraction of sp³-hybridized carbons (Fsp3) is 0.714. The second-order valence-corrected chi connectivity index (χ2v) is 3.24. The van der Waals surface area contributed by atoms with Gasteiger partial charge < -0.3 is 16.8 Å². The van der Waals surface area contributed by atoms with Gasteiger partial charge in [-0.2, -0.15) is 0 Å². The lowest BCUT2D eigenvalue weighted by atomic mass is 9.93. The second kappa shape index (κ2) is 4.06. The van der Waals surface area contributed by atoms with E-state index >= 15 is 0 Å². The van der Waals surface area contributed by atoms with E-state index in [1.807, 2.05) is 0 Å². The third kappa shape index (κ3) is 3.34. The molecular weight excluding hydrogens is 158 g/mol. The number of primary amides is 1. The Balaban J connectivity index is 3.96. The zero-order valence-electron chi connectivity index (χ0n) is 7.39. The summed E-state index contributed by atoms with van der Waals surface area (Å²) in [4.78, 5) is 21.5. The molecule has 70 valence electrons. The Kier molecular flexibility index (Phi) is 3.69. The third-order valence-corrected chi connectivity index (χ3v) is 1.55. The average Bonchev–Trinajstić information content (AvgIpc) is 2.00. The van der Waals surface area contributed by atoms with Gasteiger partial charge >= 0.3 is 0 Å². The molecule has 0 heterocycles. The van der Waals surface area contributed by atoms with Gasteiger partial charge in [0.1, 0.15) is 0 Å². The highest BCUT2D eigenvalue weighted by Crippen LogP contribution is 2.11. The van der Waals surface area contributed by atoms with Crippen molar-refractivity contribution in [1.29, 1.82) is 0 Å². The van der Waals surface area contributed by atoms with Crippen molar-refractivity contribution < 1.29 is 9.59 Å². The van der Waals surface area contributed by atoms with Crippen LogP contribution < -0.4 is 16.8 Å². The molecule has 0 spiro atoms.